The van der Waals surface area contributed by atoms with Crippen molar-refractivity contribution in [2.75, 3.05) is 50.7 Å². The van der Waals surface area contributed by atoms with Crippen LogP contribution in [0.25, 0.3) is 0 Å². The second kappa shape index (κ2) is 10.5. The molecule has 0 aliphatic carbocycles. The van der Waals surface area contributed by atoms with Gasteiger partial charge in [0.2, 0.25) is 5.91 Å². The number of ether oxygens (including phenoxy) is 2. The second-order valence-electron chi connectivity index (χ2n) is 8.65. The van der Waals surface area contributed by atoms with E-state index in [0.29, 0.717) is 5.75 Å². The maximum absolute atomic E-state index is 13.5. The van der Waals surface area contributed by atoms with Gasteiger partial charge in [0.1, 0.15) is 14.8 Å². The third-order valence-corrected chi connectivity index (χ3v) is 7.77. The summed E-state index contributed by atoms with van der Waals surface area (Å²) in [6, 6.07) is 1.85. The summed E-state index contributed by atoms with van der Waals surface area (Å²) < 4.78 is 35.4. The van der Waals surface area contributed by atoms with Gasteiger partial charge < -0.3 is 14.8 Å². The molecule has 1 atom stereocenters. The molecule has 2 aromatic rings. The molecule has 1 unspecified atom stereocenters. The van der Waals surface area contributed by atoms with Crippen molar-refractivity contribution in [3.8, 4) is 11.6 Å². The maximum atomic E-state index is 13.5. The van der Waals surface area contributed by atoms with Gasteiger partial charge in [-0.2, -0.15) is 0 Å². The van der Waals surface area contributed by atoms with Crippen molar-refractivity contribution in [3.05, 3.63) is 34.3 Å². The number of amides is 3. The highest BCUT2D eigenvalue weighted by molar-refractivity contribution is 7.90. The zero-order valence-electron chi connectivity index (χ0n) is 20.3. The molecule has 4 heterocycles. The third-order valence-electron chi connectivity index (χ3n) is 5.95. The van der Waals surface area contributed by atoms with Crippen molar-refractivity contribution >= 4 is 43.9 Å². The molecule has 11 nitrogen and oxygen atoms in total. The number of nitrogens with zero attached hydrogens (tertiary/aromatic N) is 3. The van der Waals surface area contributed by atoms with E-state index >= 15 is 0 Å². The Morgan fingerprint density at radius 2 is 1.94 bits per heavy atom. The molecule has 3 amide bonds. The Kier molecular flexibility index (Phi) is 7.62. The number of rotatable bonds is 10. The molecule has 2 aliphatic heterocycles. The quantitative estimate of drug-likeness (QED) is 0.452. The Labute approximate surface area is 213 Å². The number of anilines is 1. The minimum absolute atomic E-state index is 0.0665. The Morgan fingerprint density at radius 1 is 1.22 bits per heavy atom. The fourth-order valence-corrected chi connectivity index (χ4v) is 6.19. The Balaban J connectivity index is 1.65. The topological polar surface area (TPSA) is 135 Å². The van der Waals surface area contributed by atoms with Crippen molar-refractivity contribution in [2.45, 2.75) is 25.8 Å². The minimum atomic E-state index is -3.64. The monoisotopic (exact) mass is 536 g/mol. The number of aromatic nitrogens is 1. The molecule has 2 aliphatic rings. The Hall–Kier alpha value is -3.03. The molecule has 36 heavy (non-hydrogen) atoms. The molecule has 0 aromatic carbocycles. The summed E-state index contributed by atoms with van der Waals surface area (Å²) in [7, 11) is -2.20. The van der Waals surface area contributed by atoms with E-state index in [4.69, 9.17) is 9.47 Å². The van der Waals surface area contributed by atoms with E-state index in [2.05, 4.69) is 10.3 Å². The predicted octanol–water partition coefficient (Wildman–Crippen LogP) is 1.97. The predicted molar refractivity (Wildman–Crippen MR) is 134 cm³/mol. The van der Waals surface area contributed by atoms with E-state index in [1.165, 1.54) is 18.6 Å². The minimum Gasteiger partial charge on any atom is -0.491 e. The highest BCUT2D eigenvalue weighted by Crippen LogP contribution is 2.40. The zero-order valence-corrected chi connectivity index (χ0v) is 21.9. The van der Waals surface area contributed by atoms with Gasteiger partial charge in [0, 0.05) is 11.6 Å². The van der Waals surface area contributed by atoms with Gasteiger partial charge in [0.25, 0.3) is 17.7 Å². The molecule has 2 aromatic heterocycles. The van der Waals surface area contributed by atoms with Crippen molar-refractivity contribution in [1.29, 1.82) is 0 Å². The lowest BCUT2D eigenvalue weighted by atomic mass is 10.1. The van der Waals surface area contributed by atoms with Gasteiger partial charge in [-0.1, -0.05) is 0 Å². The molecule has 0 saturated carbocycles. The number of hydrogen-bond donors (Lipinski definition) is 1. The summed E-state index contributed by atoms with van der Waals surface area (Å²) >= 11 is 1.09. The van der Waals surface area contributed by atoms with Gasteiger partial charge >= 0.3 is 0 Å². The first-order chi connectivity index (χ1) is 17.1. The summed E-state index contributed by atoms with van der Waals surface area (Å²) in [5, 5.41) is 4.53. The van der Waals surface area contributed by atoms with Crippen LogP contribution >= 0.6 is 11.3 Å². The normalized spacial score (nSPS) is 16.8. The number of likely N-dealkylation sites (tertiary alicyclic amines) is 1. The number of sulfone groups is 1. The van der Waals surface area contributed by atoms with E-state index in [1.54, 1.807) is 13.0 Å². The maximum Gasteiger partial charge on any atom is 0.265 e. The first-order valence-electron chi connectivity index (χ1n) is 11.5. The SMILES string of the molecule is CCOc1nc(C(CS(C)(=O)=O)N2C(=O)c3csc(NC(=O)CN4CCCC4)c3C2=O)ccc1OC. The van der Waals surface area contributed by atoms with Gasteiger partial charge in [-0.3, -0.25) is 24.2 Å². The first kappa shape index (κ1) is 26.0. The Morgan fingerprint density at radius 3 is 2.58 bits per heavy atom. The van der Waals surface area contributed by atoms with Crippen LogP contribution in [0.1, 0.15) is 52.2 Å². The van der Waals surface area contributed by atoms with Crippen LogP contribution in [0.4, 0.5) is 5.00 Å². The molecule has 4 rings (SSSR count). The standard InChI is InChI=1S/C23H28N4O7S2/c1-4-34-20-17(33-2)8-7-15(24-20)16(13-36(3,31)32)27-22(29)14-12-35-21(19(14)23(27)30)25-18(28)11-26-9-5-6-10-26/h7-8,12,16H,4-6,9-11,13H2,1-3H3,(H,25,28). The van der Waals surface area contributed by atoms with E-state index in [0.717, 1.165) is 48.4 Å². The molecule has 0 radical (unpaired) electrons. The molecular weight excluding hydrogens is 508 g/mol. The van der Waals surface area contributed by atoms with Crippen LogP contribution in [0, 0.1) is 0 Å². The van der Waals surface area contributed by atoms with Crippen LogP contribution in [-0.4, -0.2) is 86.3 Å². The molecule has 1 fully saturated rings. The summed E-state index contributed by atoms with van der Waals surface area (Å²) in [6.07, 6.45) is 3.10. The third kappa shape index (κ3) is 5.37. The summed E-state index contributed by atoms with van der Waals surface area (Å²) in [6.45, 7) is 3.92. The number of fused-ring (bicyclic) bond motifs is 1. The van der Waals surface area contributed by atoms with Crippen LogP contribution in [0.15, 0.2) is 17.5 Å². The fourth-order valence-electron chi connectivity index (χ4n) is 4.36. The van der Waals surface area contributed by atoms with Crippen LogP contribution in [0.5, 0.6) is 11.6 Å². The molecule has 1 N–H and O–H groups in total. The van der Waals surface area contributed by atoms with Crippen LogP contribution in [0.2, 0.25) is 0 Å². The van der Waals surface area contributed by atoms with E-state index < -0.39 is 33.4 Å². The number of carbonyl (C=O) groups excluding carboxylic acids is 3. The fraction of sp³-hybridized carbons (Fsp3) is 0.478. The molecule has 1 saturated heterocycles. The number of thiophene rings is 1. The van der Waals surface area contributed by atoms with E-state index in [-0.39, 0.29) is 46.8 Å². The second-order valence-corrected chi connectivity index (χ2v) is 11.7. The van der Waals surface area contributed by atoms with E-state index in [9.17, 15) is 22.8 Å². The van der Waals surface area contributed by atoms with Crippen molar-refractivity contribution in [3.63, 3.8) is 0 Å². The first-order valence-corrected chi connectivity index (χ1v) is 14.4. The number of nitrogens with one attached hydrogen (secondary N) is 1. The summed E-state index contributed by atoms with van der Waals surface area (Å²) in [5.41, 5.74) is 0.357. The molecular formula is C23H28N4O7S2. The van der Waals surface area contributed by atoms with Gasteiger partial charge in [-0.05, 0) is 45.0 Å². The largest absolute Gasteiger partial charge is 0.491 e. The number of carbonyl (C=O) groups is 3. The van der Waals surface area contributed by atoms with Gasteiger partial charge in [-0.15, -0.1) is 11.3 Å². The Bertz CT molecular complexity index is 1290. The highest BCUT2D eigenvalue weighted by Gasteiger charge is 2.45. The number of imide groups is 1. The molecule has 0 spiro atoms. The number of methoxy groups -OCH3 is 1. The zero-order chi connectivity index (χ0) is 26.0. The lowest BCUT2D eigenvalue weighted by Crippen LogP contribution is -2.38. The highest BCUT2D eigenvalue weighted by atomic mass is 32.2. The molecule has 13 heteroatoms. The van der Waals surface area contributed by atoms with Gasteiger partial charge in [0.05, 0.1) is 48.9 Å². The van der Waals surface area contributed by atoms with Crippen molar-refractivity contribution < 1.29 is 32.3 Å². The van der Waals surface area contributed by atoms with Crippen LogP contribution in [-0.2, 0) is 14.6 Å². The van der Waals surface area contributed by atoms with Crippen LogP contribution < -0.4 is 14.8 Å². The lowest BCUT2D eigenvalue weighted by Gasteiger charge is -2.26. The summed E-state index contributed by atoms with van der Waals surface area (Å²) in [5.74, 6) is -1.67. The average Bonchev–Trinajstić information content (AvgIpc) is 3.52. The smallest absolute Gasteiger partial charge is 0.265 e. The average molecular weight is 537 g/mol. The number of hydrogen-bond acceptors (Lipinski definition) is 10. The van der Waals surface area contributed by atoms with E-state index in [1.807, 2.05) is 4.90 Å². The molecule has 0 bridgehead atoms. The van der Waals surface area contributed by atoms with Gasteiger partial charge in [0.15, 0.2) is 5.75 Å². The lowest BCUT2D eigenvalue weighted by molar-refractivity contribution is -0.117. The van der Waals surface area contributed by atoms with Crippen LogP contribution in [0.3, 0.4) is 0 Å². The summed E-state index contributed by atoms with van der Waals surface area (Å²) in [4.78, 5) is 46.7. The number of pyridine rings is 1. The van der Waals surface area contributed by atoms with Crippen molar-refractivity contribution in [1.82, 2.24) is 14.8 Å². The van der Waals surface area contributed by atoms with Gasteiger partial charge in [-0.25, -0.2) is 13.4 Å². The molecule has 194 valence electrons. The van der Waals surface area contributed by atoms with Crippen molar-refractivity contribution in [2.24, 2.45) is 0 Å².